The van der Waals surface area contributed by atoms with Gasteiger partial charge in [-0.2, -0.15) is 0 Å². The largest absolute Gasteiger partial charge is 0.493 e. The van der Waals surface area contributed by atoms with E-state index in [0.717, 1.165) is 0 Å². The quantitative estimate of drug-likeness (QED) is 0.572. The van der Waals surface area contributed by atoms with E-state index in [9.17, 15) is 19.5 Å². The molecule has 0 spiro atoms. The second-order valence-electron chi connectivity index (χ2n) is 4.69. The minimum absolute atomic E-state index is 0.00324. The molecular formula is C13H16N4O4. The third-order valence-corrected chi connectivity index (χ3v) is 3.55. The number of amides is 2. The fourth-order valence-electron chi connectivity index (χ4n) is 1.96. The Labute approximate surface area is 120 Å². The van der Waals surface area contributed by atoms with Crippen LogP contribution in [0.1, 0.15) is 5.56 Å². The van der Waals surface area contributed by atoms with E-state index in [-0.39, 0.29) is 22.6 Å². The number of likely N-dealkylation sites (N-methyl/N-ethyl adjacent to an activating group) is 2. The Kier molecular flexibility index (Phi) is 3.46. The van der Waals surface area contributed by atoms with Crippen molar-refractivity contribution >= 4 is 17.9 Å². The topological polar surface area (TPSA) is 87.8 Å². The van der Waals surface area contributed by atoms with E-state index in [1.165, 1.54) is 58.8 Å². The molecule has 0 saturated carbocycles. The van der Waals surface area contributed by atoms with Gasteiger partial charge in [-0.15, -0.1) is 0 Å². The molecule has 0 unspecified atom stereocenters. The van der Waals surface area contributed by atoms with Gasteiger partial charge in [-0.1, -0.05) is 6.08 Å². The highest BCUT2D eigenvalue weighted by Gasteiger charge is 2.35. The van der Waals surface area contributed by atoms with Crippen LogP contribution >= 0.6 is 0 Å². The van der Waals surface area contributed by atoms with Crippen LogP contribution in [-0.2, 0) is 23.7 Å². The number of hydrogen-bond donors (Lipinski definition) is 1. The van der Waals surface area contributed by atoms with E-state index in [2.05, 4.69) is 0 Å². The van der Waals surface area contributed by atoms with Crippen LogP contribution in [0.4, 0.5) is 0 Å². The van der Waals surface area contributed by atoms with Crippen LogP contribution in [0.15, 0.2) is 22.5 Å². The Morgan fingerprint density at radius 3 is 1.86 bits per heavy atom. The maximum atomic E-state index is 11.8. The molecule has 1 aliphatic rings. The zero-order valence-corrected chi connectivity index (χ0v) is 12.2. The van der Waals surface area contributed by atoms with Crippen molar-refractivity contribution < 1.29 is 14.7 Å². The van der Waals surface area contributed by atoms with Gasteiger partial charge in [0.15, 0.2) is 0 Å². The summed E-state index contributed by atoms with van der Waals surface area (Å²) in [6.45, 7) is 0. The number of nitrogens with zero attached hydrogens (tertiary/aromatic N) is 4. The highest BCUT2D eigenvalue weighted by molar-refractivity contribution is 6.22. The molecule has 0 radical (unpaired) electrons. The van der Waals surface area contributed by atoms with E-state index >= 15 is 0 Å². The van der Waals surface area contributed by atoms with Crippen LogP contribution in [0.2, 0.25) is 0 Å². The lowest BCUT2D eigenvalue weighted by atomic mass is 10.2. The number of aromatic hydroxyl groups is 1. The number of rotatable bonds is 2. The molecule has 0 bridgehead atoms. The van der Waals surface area contributed by atoms with Crippen LogP contribution in [0.25, 0.3) is 6.08 Å². The number of carbonyl (C=O) groups is 2. The van der Waals surface area contributed by atoms with E-state index < -0.39 is 11.8 Å². The van der Waals surface area contributed by atoms with Gasteiger partial charge in [0.05, 0.1) is 0 Å². The molecule has 8 nitrogen and oxygen atoms in total. The zero-order valence-electron chi connectivity index (χ0n) is 12.2. The minimum atomic E-state index is -0.419. The summed E-state index contributed by atoms with van der Waals surface area (Å²) in [5.41, 5.74) is -0.275. The maximum Gasteiger partial charge on any atom is 0.277 e. The van der Waals surface area contributed by atoms with Crippen LogP contribution in [0.5, 0.6) is 5.88 Å². The fraction of sp³-hybridized carbons (Fsp3) is 0.308. The van der Waals surface area contributed by atoms with Crippen molar-refractivity contribution in [3.05, 3.63) is 33.6 Å². The van der Waals surface area contributed by atoms with Crippen molar-refractivity contribution in [3.63, 3.8) is 0 Å². The Hall–Kier alpha value is -2.77. The predicted molar refractivity (Wildman–Crippen MR) is 75.0 cm³/mol. The summed E-state index contributed by atoms with van der Waals surface area (Å²) in [5, 5.41) is 12.2. The summed E-state index contributed by atoms with van der Waals surface area (Å²) in [4.78, 5) is 35.4. The normalized spacial score (nSPS) is 15.7. The van der Waals surface area contributed by atoms with Crippen molar-refractivity contribution in [2.45, 2.75) is 0 Å². The number of allylic oxidation sites excluding steroid dienone is 2. The Morgan fingerprint density at radius 2 is 1.43 bits per heavy atom. The SMILES string of the molecule is CN1C(=O)C(=CC=Cc2c(O)n(C)n(C)c2=O)C(=O)N1C. The van der Waals surface area contributed by atoms with Gasteiger partial charge in [-0.05, 0) is 12.2 Å². The highest BCUT2D eigenvalue weighted by Crippen LogP contribution is 2.17. The Morgan fingerprint density at radius 1 is 0.905 bits per heavy atom. The maximum absolute atomic E-state index is 11.8. The fourth-order valence-corrected chi connectivity index (χ4v) is 1.96. The Balaban J connectivity index is 2.34. The van der Waals surface area contributed by atoms with Crippen LogP contribution in [-0.4, -0.2) is 50.4 Å². The smallest absolute Gasteiger partial charge is 0.277 e. The molecular weight excluding hydrogens is 276 g/mol. The second kappa shape index (κ2) is 4.97. The summed E-state index contributed by atoms with van der Waals surface area (Å²) in [6.07, 6.45) is 4.09. The number of aromatic nitrogens is 2. The summed E-state index contributed by atoms with van der Waals surface area (Å²) in [7, 11) is 6.04. The predicted octanol–water partition coefficient (Wildman–Crippen LogP) is -0.786. The summed E-state index contributed by atoms with van der Waals surface area (Å²) in [5.74, 6) is -1.02. The molecule has 112 valence electrons. The van der Waals surface area contributed by atoms with Crippen molar-refractivity contribution in [2.24, 2.45) is 14.1 Å². The first-order valence-electron chi connectivity index (χ1n) is 6.16. The van der Waals surface area contributed by atoms with E-state index in [1.54, 1.807) is 7.05 Å². The van der Waals surface area contributed by atoms with Crippen LogP contribution in [0.3, 0.4) is 0 Å². The van der Waals surface area contributed by atoms with Gasteiger partial charge < -0.3 is 5.11 Å². The van der Waals surface area contributed by atoms with Gasteiger partial charge in [0, 0.05) is 28.2 Å². The van der Waals surface area contributed by atoms with E-state index in [4.69, 9.17) is 0 Å². The minimum Gasteiger partial charge on any atom is -0.493 e. The van der Waals surface area contributed by atoms with Crippen molar-refractivity contribution in [1.82, 2.24) is 19.4 Å². The highest BCUT2D eigenvalue weighted by atomic mass is 16.3. The molecule has 21 heavy (non-hydrogen) atoms. The first-order chi connectivity index (χ1) is 9.77. The molecule has 1 aliphatic heterocycles. The van der Waals surface area contributed by atoms with Gasteiger partial charge in [0.1, 0.15) is 11.1 Å². The number of hydrogen-bond acceptors (Lipinski definition) is 4. The molecule has 1 aromatic heterocycles. The number of carbonyl (C=O) groups excluding carboxylic acids is 2. The molecule has 0 atom stereocenters. The van der Waals surface area contributed by atoms with Gasteiger partial charge in [0.25, 0.3) is 17.4 Å². The van der Waals surface area contributed by atoms with E-state index in [0.29, 0.717) is 0 Å². The summed E-state index contributed by atoms with van der Waals surface area (Å²) < 4.78 is 2.54. The van der Waals surface area contributed by atoms with E-state index in [1.807, 2.05) is 0 Å². The van der Waals surface area contributed by atoms with Crippen LogP contribution in [0, 0.1) is 0 Å². The molecule has 0 aliphatic carbocycles. The standard InChI is InChI=1S/C13H16N4O4/c1-14-10(18)8(11(19)15(14)2)6-5-7-9-12(20)16(3)17(4)13(9)21/h5-7,18H,1-4H3. The summed E-state index contributed by atoms with van der Waals surface area (Å²) >= 11 is 0. The average molecular weight is 292 g/mol. The lowest BCUT2D eigenvalue weighted by molar-refractivity contribution is -0.141. The lowest BCUT2D eigenvalue weighted by Gasteiger charge is -2.16. The van der Waals surface area contributed by atoms with Crippen molar-refractivity contribution in [1.29, 1.82) is 0 Å². The second-order valence-corrected chi connectivity index (χ2v) is 4.69. The van der Waals surface area contributed by atoms with Crippen molar-refractivity contribution in [3.8, 4) is 5.88 Å². The molecule has 2 rings (SSSR count). The molecule has 2 heterocycles. The third kappa shape index (κ3) is 2.14. The average Bonchev–Trinajstić information content (AvgIpc) is 2.76. The summed E-state index contributed by atoms with van der Waals surface area (Å²) in [6, 6.07) is 0. The molecule has 1 aromatic rings. The zero-order chi connectivity index (χ0) is 15.9. The first-order valence-corrected chi connectivity index (χ1v) is 6.16. The van der Waals surface area contributed by atoms with Crippen LogP contribution < -0.4 is 5.56 Å². The molecule has 0 aromatic carbocycles. The number of hydrazine groups is 1. The third-order valence-electron chi connectivity index (χ3n) is 3.55. The van der Waals surface area contributed by atoms with Gasteiger partial charge in [0.2, 0.25) is 5.88 Å². The molecule has 1 saturated heterocycles. The van der Waals surface area contributed by atoms with Gasteiger partial charge in [-0.25, -0.2) is 0 Å². The van der Waals surface area contributed by atoms with Gasteiger partial charge >= 0.3 is 0 Å². The monoisotopic (exact) mass is 292 g/mol. The Bertz CT molecular complexity index is 716. The van der Waals surface area contributed by atoms with Crippen molar-refractivity contribution in [2.75, 3.05) is 14.1 Å². The lowest BCUT2D eigenvalue weighted by Crippen LogP contribution is -2.33. The van der Waals surface area contributed by atoms with Gasteiger partial charge in [-0.3, -0.25) is 33.8 Å². The molecule has 1 N–H and O–H groups in total. The molecule has 2 amide bonds. The first kappa shape index (κ1) is 14.6. The molecule has 1 fully saturated rings. The molecule has 8 heteroatoms.